The van der Waals surface area contributed by atoms with Crippen molar-refractivity contribution in [1.29, 1.82) is 0 Å². The number of imide groups is 1. The number of nitrogens with zero attached hydrogens (tertiary/aromatic N) is 3. The van der Waals surface area contributed by atoms with Gasteiger partial charge >= 0.3 is 0 Å². The number of ketones is 1. The van der Waals surface area contributed by atoms with Gasteiger partial charge in [-0.3, -0.25) is 29.3 Å². The van der Waals surface area contributed by atoms with Crippen LogP contribution in [0, 0.1) is 17.0 Å². The second-order valence-electron chi connectivity index (χ2n) is 7.89. The molecule has 0 aromatic heterocycles. The molecule has 0 aliphatic carbocycles. The minimum absolute atomic E-state index is 0.0217. The zero-order valence-corrected chi connectivity index (χ0v) is 25.0. The number of rotatable bonds is 6. The number of benzene rings is 3. The van der Waals surface area contributed by atoms with Crippen LogP contribution in [-0.2, 0) is 0 Å². The molecule has 188 valence electrons. The van der Waals surface area contributed by atoms with Gasteiger partial charge in [0.2, 0.25) is 0 Å². The van der Waals surface area contributed by atoms with Crippen LogP contribution in [0.25, 0.3) is 0 Å². The average Bonchev–Trinajstić information content (AvgIpc) is 3.14. The Balaban J connectivity index is 1.83. The number of non-ortho nitro benzene ring substituents is 1. The molecule has 0 atom stereocenters. The molecule has 0 N–H and O–H groups in total. The van der Waals surface area contributed by atoms with Crippen molar-refractivity contribution in [2.45, 2.75) is 6.92 Å². The highest BCUT2D eigenvalue weighted by Crippen LogP contribution is 2.45. The first-order valence-corrected chi connectivity index (χ1v) is 13.5. The summed E-state index contributed by atoms with van der Waals surface area (Å²) in [4.78, 5) is 64.5. The van der Waals surface area contributed by atoms with Crippen LogP contribution in [0.5, 0.6) is 0 Å². The monoisotopic (exact) mass is 755 g/mol. The molecule has 4 rings (SSSR count). The number of hydrogen-bond acceptors (Lipinski definition) is 6. The highest BCUT2D eigenvalue weighted by molar-refractivity contribution is 9.15. The van der Waals surface area contributed by atoms with E-state index in [0.29, 0.717) is 19.0 Å². The van der Waals surface area contributed by atoms with Crippen LogP contribution in [0.15, 0.2) is 66.4 Å². The van der Waals surface area contributed by atoms with Gasteiger partial charge in [0.15, 0.2) is 5.78 Å². The summed E-state index contributed by atoms with van der Waals surface area (Å²) >= 11 is 13.3. The molecule has 37 heavy (non-hydrogen) atoms. The van der Waals surface area contributed by atoms with E-state index in [1.54, 1.807) is 24.3 Å². The molecule has 3 aromatic rings. The van der Waals surface area contributed by atoms with Crippen molar-refractivity contribution in [1.82, 2.24) is 10.0 Å². The Morgan fingerprint density at radius 2 is 1.41 bits per heavy atom. The van der Waals surface area contributed by atoms with Crippen molar-refractivity contribution in [2.24, 2.45) is 0 Å². The molecule has 13 heteroatoms. The third-order valence-corrected chi connectivity index (χ3v) is 10.3. The van der Waals surface area contributed by atoms with Crippen molar-refractivity contribution in [3.63, 3.8) is 0 Å². The minimum atomic E-state index is -0.941. The van der Waals surface area contributed by atoms with Crippen molar-refractivity contribution in [3.8, 4) is 0 Å². The van der Waals surface area contributed by atoms with Crippen LogP contribution >= 0.6 is 63.7 Å². The molecule has 0 unspecified atom stereocenters. The molecule has 0 radical (unpaired) electrons. The van der Waals surface area contributed by atoms with Crippen LogP contribution in [0.4, 0.5) is 5.69 Å². The lowest BCUT2D eigenvalue weighted by Gasteiger charge is -2.29. The molecule has 0 saturated heterocycles. The highest BCUT2D eigenvalue weighted by atomic mass is 79.9. The van der Waals surface area contributed by atoms with Gasteiger partial charge < -0.3 is 0 Å². The van der Waals surface area contributed by atoms with Gasteiger partial charge in [-0.2, -0.15) is 5.01 Å². The number of carbonyl (C=O) groups is 4. The zero-order valence-electron chi connectivity index (χ0n) is 18.6. The Morgan fingerprint density at radius 3 is 1.92 bits per heavy atom. The third kappa shape index (κ3) is 4.92. The Morgan fingerprint density at radius 1 is 0.865 bits per heavy atom. The molecular formula is C24H13Br4N3O6. The fraction of sp³-hybridized carbons (Fsp3) is 0.0833. The SMILES string of the molecule is Cc1ccc(C(=O)CN(C(=O)c2cccc([N+](=O)[O-])c2)N2C(=O)c3c(Br)c(Br)c(Br)c(Br)c3C2=O)cc1. The van der Waals surface area contributed by atoms with E-state index >= 15 is 0 Å². The predicted molar refractivity (Wildman–Crippen MR) is 147 cm³/mol. The van der Waals surface area contributed by atoms with Crippen LogP contribution < -0.4 is 0 Å². The standard InChI is InChI=1S/C24H13Br4N3O6/c1-11-5-7-12(8-6-11)15(32)10-29(22(33)13-3-2-4-14(9-13)31(36)37)30-23(34)16-17(24(30)35)19(26)21(28)20(27)18(16)25/h2-9H,10H2,1H3. The van der Waals surface area contributed by atoms with Crippen molar-refractivity contribution < 1.29 is 24.1 Å². The summed E-state index contributed by atoms with van der Waals surface area (Å²) in [5.41, 5.74) is 0.580. The van der Waals surface area contributed by atoms with Gasteiger partial charge in [0.1, 0.15) is 6.54 Å². The van der Waals surface area contributed by atoms with Crippen LogP contribution in [0.1, 0.15) is 47.0 Å². The van der Waals surface area contributed by atoms with E-state index in [1.807, 2.05) is 6.92 Å². The van der Waals surface area contributed by atoms with Crippen molar-refractivity contribution in [3.05, 3.63) is 104 Å². The smallest absolute Gasteiger partial charge is 0.282 e. The van der Waals surface area contributed by atoms with E-state index in [9.17, 15) is 29.3 Å². The molecule has 0 bridgehead atoms. The lowest BCUT2D eigenvalue weighted by Crippen LogP contribution is -2.51. The molecule has 1 aliphatic heterocycles. The quantitative estimate of drug-likeness (QED) is 0.0709. The summed E-state index contributed by atoms with van der Waals surface area (Å²) in [5.74, 6) is -3.19. The van der Waals surface area contributed by atoms with Crippen molar-refractivity contribution >= 4 is 92.9 Å². The second-order valence-corrected chi connectivity index (χ2v) is 11.1. The van der Waals surface area contributed by atoms with Gasteiger partial charge in [-0.05, 0) is 76.7 Å². The largest absolute Gasteiger partial charge is 0.292 e. The van der Waals surface area contributed by atoms with E-state index < -0.39 is 35.0 Å². The average molecular weight is 759 g/mol. The number of hydrogen-bond donors (Lipinski definition) is 0. The number of hydrazine groups is 1. The van der Waals surface area contributed by atoms with E-state index in [-0.39, 0.29) is 36.9 Å². The minimum Gasteiger partial charge on any atom is -0.292 e. The first-order chi connectivity index (χ1) is 17.4. The van der Waals surface area contributed by atoms with Gasteiger partial charge in [0.25, 0.3) is 23.4 Å². The van der Waals surface area contributed by atoms with Gasteiger partial charge in [-0.25, -0.2) is 5.01 Å². The summed E-state index contributed by atoms with van der Waals surface area (Å²) < 4.78 is 1.44. The summed E-state index contributed by atoms with van der Waals surface area (Å²) in [6, 6.07) is 11.4. The lowest BCUT2D eigenvalue weighted by atomic mass is 10.1. The normalized spacial score (nSPS) is 12.5. The van der Waals surface area contributed by atoms with Gasteiger partial charge in [-0.1, -0.05) is 35.9 Å². The number of amides is 3. The van der Waals surface area contributed by atoms with Crippen LogP contribution in [0.2, 0.25) is 0 Å². The van der Waals surface area contributed by atoms with E-state index in [4.69, 9.17) is 0 Å². The predicted octanol–water partition coefficient (Wildman–Crippen LogP) is 6.49. The Bertz CT molecular complexity index is 1480. The molecule has 3 amide bonds. The highest BCUT2D eigenvalue weighted by Gasteiger charge is 2.46. The Kier molecular flexibility index (Phi) is 7.79. The molecule has 0 fully saturated rings. The fourth-order valence-electron chi connectivity index (χ4n) is 3.66. The molecule has 1 aliphatic rings. The molecule has 1 heterocycles. The summed E-state index contributed by atoms with van der Waals surface area (Å²) in [6.07, 6.45) is 0. The van der Waals surface area contributed by atoms with Crippen LogP contribution in [0.3, 0.4) is 0 Å². The molecular weight excluding hydrogens is 746 g/mol. The summed E-state index contributed by atoms with van der Waals surface area (Å²) in [6.45, 7) is 1.17. The molecule has 9 nitrogen and oxygen atoms in total. The number of halogens is 4. The topological polar surface area (TPSA) is 118 Å². The number of nitro groups is 1. The second kappa shape index (κ2) is 10.6. The number of nitro benzene ring substituents is 1. The first kappa shape index (κ1) is 27.3. The van der Waals surface area contributed by atoms with Crippen molar-refractivity contribution in [2.75, 3.05) is 6.54 Å². The lowest BCUT2D eigenvalue weighted by molar-refractivity contribution is -0.384. The van der Waals surface area contributed by atoms with Gasteiger partial charge in [0, 0.05) is 41.2 Å². The fourth-order valence-corrected chi connectivity index (χ4v) is 6.12. The van der Waals surface area contributed by atoms with E-state index in [2.05, 4.69) is 63.7 Å². The van der Waals surface area contributed by atoms with Gasteiger partial charge in [0.05, 0.1) is 16.1 Å². The summed E-state index contributed by atoms with van der Waals surface area (Å²) in [5, 5.41) is 12.6. The van der Waals surface area contributed by atoms with E-state index in [1.165, 1.54) is 18.2 Å². The third-order valence-electron chi connectivity index (χ3n) is 5.53. The molecule has 0 saturated carbocycles. The number of carbonyl (C=O) groups excluding carboxylic acids is 4. The van der Waals surface area contributed by atoms with E-state index in [0.717, 1.165) is 11.6 Å². The maximum absolute atomic E-state index is 13.6. The summed E-state index contributed by atoms with van der Waals surface area (Å²) in [7, 11) is 0. The number of fused-ring (bicyclic) bond motifs is 1. The zero-order chi connectivity index (χ0) is 27.2. The maximum Gasteiger partial charge on any atom is 0.282 e. The number of aryl methyl sites for hydroxylation is 1. The Hall–Kier alpha value is -2.74. The molecule has 3 aromatic carbocycles. The van der Waals surface area contributed by atoms with Crippen LogP contribution in [-0.4, -0.2) is 45.0 Å². The van der Waals surface area contributed by atoms with Gasteiger partial charge in [-0.15, -0.1) is 0 Å². The Labute approximate surface area is 243 Å². The molecule has 0 spiro atoms. The maximum atomic E-state index is 13.6. The number of Topliss-reactive ketones (excluding diaryl/α,β-unsaturated/α-hetero) is 1. The first-order valence-electron chi connectivity index (χ1n) is 10.3.